The molecular formula is C18H14N4O3. The second-order valence-corrected chi connectivity index (χ2v) is 5.44. The van der Waals surface area contributed by atoms with Gasteiger partial charge in [-0.1, -0.05) is 47.7 Å². The molecule has 7 heteroatoms. The van der Waals surface area contributed by atoms with E-state index < -0.39 is 5.97 Å². The van der Waals surface area contributed by atoms with Crippen LogP contribution in [-0.4, -0.2) is 25.9 Å². The van der Waals surface area contributed by atoms with E-state index in [1.807, 2.05) is 54.6 Å². The molecule has 0 radical (unpaired) electrons. The van der Waals surface area contributed by atoms with Crippen LogP contribution in [0.1, 0.15) is 21.9 Å². The predicted octanol–water partition coefficient (Wildman–Crippen LogP) is 2.82. The predicted molar refractivity (Wildman–Crippen MR) is 88.7 cm³/mol. The van der Waals surface area contributed by atoms with Crippen LogP contribution in [0.4, 0.5) is 0 Å². The van der Waals surface area contributed by atoms with Crippen molar-refractivity contribution in [3.05, 3.63) is 77.9 Å². The maximum atomic E-state index is 12.1. The molecule has 2 heterocycles. The van der Waals surface area contributed by atoms with Gasteiger partial charge in [0.1, 0.15) is 5.52 Å². The second kappa shape index (κ2) is 6.56. The first-order valence-electron chi connectivity index (χ1n) is 7.73. The largest absolute Gasteiger partial charge is 0.451 e. The van der Waals surface area contributed by atoms with Crippen LogP contribution in [0.25, 0.3) is 11.1 Å². The molecule has 0 saturated carbocycles. The molecule has 0 amide bonds. The summed E-state index contributed by atoms with van der Waals surface area (Å²) in [7, 11) is 0. The van der Waals surface area contributed by atoms with Crippen LogP contribution in [0.3, 0.4) is 0 Å². The van der Waals surface area contributed by atoms with Crippen molar-refractivity contribution in [2.24, 2.45) is 0 Å². The van der Waals surface area contributed by atoms with Gasteiger partial charge >= 0.3 is 5.97 Å². The lowest BCUT2D eigenvalue weighted by Crippen LogP contribution is -2.06. The Kier molecular flexibility index (Phi) is 3.96. The molecule has 0 N–H and O–H groups in total. The number of rotatable bonds is 5. The van der Waals surface area contributed by atoms with Gasteiger partial charge in [-0.25, -0.2) is 14.5 Å². The zero-order chi connectivity index (χ0) is 17.1. The highest BCUT2D eigenvalue weighted by Gasteiger charge is 2.14. The van der Waals surface area contributed by atoms with Gasteiger partial charge in [0.15, 0.2) is 17.9 Å². The summed E-state index contributed by atoms with van der Waals surface area (Å²) < 4.78 is 12.3. The minimum absolute atomic E-state index is 0.0565. The molecule has 0 aliphatic carbocycles. The minimum Gasteiger partial charge on any atom is -0.451 e. The summed E-state index contributed by atoms with van der Waals surface area (Å²) in [5.74, 6) is -0.229. The summed E-state index contributed by atoms with van der Waals surface area (Å²) in [6.45, 7) is 0.477. The molecule has 4 rings (SSSR count). The Labute approximate surface area is 142 Å². The van der Waals surface area contributed by atoms with E-state index in [1.54, 1.807) is 10.9 Å². The van der Waals surface area contributed by atoms with Crippen molar-refractivity contribution in [2.75, 3.05) is 0 Å². The van der Waals surface area contributed by atoms with E-state index in [9.17, 15) is 4.79 Å². The molecule has 0 bridgehead atoms. The molecule has 0 saturated heterocycles. The number of carbonyl (C=O) groups is 1. The highest BCUT2D eigenvalue weighted by molar-refractivity contribution is 5.86. The molecule has 0 fully saturated rings. The van der Waals surface area contributed by atoms with Gasteiger partial charge in [0, 0.05) is 0 Å². The zero-order valence-electron chi connectivity index (χ0n) is 13.2. The maximum absolute atomic E-state index is 12.1. The number of esters is 1. The van der Waals surface area contributed by atoms with Gasteiger partial charge in [-0.15, -0.1) is 5.10 Å². The Morgan fingerprint density at radius 1 is 1.08 bits per heavy atom. The first kappa shape index (κ1) is 15.1. The zero-order valence-corrected chi connectivity index (χ0v) is 13.2. The third kappa shape index (κ3) is 3.40. The molecule has 2 aromatic carbocycles. The topological polar surface area (TPSA) is 83.0 Å². The van der Waals surface area contributed by atoms with Crippen LogP contribution in [-0.2, 0) is 17.9 Å². The van der Waals surface area contributed by atoms with Gasteiger partial charge in [0.05, 0.1) is 12.7 Å². The van der Waals surface area contributed by atoms with E-state index >= 15 is 0 Å². The van der Waals surface area contributed by atoms with E-state index in [4.69, 9.17) is 9.15 Å². The van der Waals surface area contributed by atoms with Crippen LogP contribution in [0.5, 0.6) is 0 Å². The highest BCUT2D eigenvalue weighted by atomic mass is 16.5. The summed E-state index contributed by atoms with van der Waals surface area (Å²) >= 11 is 0. The van der Waals surface area contributed by atoms with Crippen molar-refractivity contribution in [3.8, 4) is 0 Å². The van der Waals surface area contributed by atoms with Crippen molar-refractivity contribution in [1.82, 2.24) is 20.0 Å². The monoisotopic (exact) mass is 334 g/mol. The number of fused-ring (bicyclic) bond motifs is 1. The van der Waals surface area contributed by atoms with Crippen molar-refractivity contribution >= 4 is 17.1 Å². The fraction of sp³-hybridized carbons (Fsp3) is 0.111. The highest BCUT2D eigenvalue weighted by Crippen LogP contribution is 2.15. The Hall–Kier alpha value is -3.48. The smallest absolute Gasteiger partial charge is 0.361 e. The fourth-order valence-electron chi connectivity index (χ4n) is 2.42. The standard InChI is InChI=1S/C18H14N4O3/c23-18(24-12-17-19-14-8-4-5-9-16(14)25-17)15-11-22(21-20-15)10-13-6-2-1-3-7-13/h1-9,11H,10,12H2. The number of benzene rings is 2. The van der Waals surface area contributed by atoms with Crippen LogP contribution in [0.2, 0.25) is 0 Å². The number of hydrogen-bond donors (Lipinski definition) is 0. The molecule has 4 aromatic rings. The quantitative estimate of drug-likeness (QED) is 0.522. The first-order valence-corrected chi connectivity index (χ1v) is 7.73. The van der Waals surface area contributed by atoms with E-state index in [0.29, 0.717) is 18.0 Å². The average Bonchev–Trinajstić information content (AvgIpc) is 3.27. The molecular weight excluding hydrogens is 320 g/mol. The van der Waals surface area contributed by atoms with E-state index in [2.05, 4.69) is 15.3 Å². The van der Waals surface area contributed by atoms with Crippen LogP contribution in [0, 0.1) is 0 Å². The second-order valence-electron chi connectivity index (χ2n) is 5.44. The number of oxazole rings is 1. The normalized spacial score (nSPS) is 10.9. The number of aromatic nitrogens is 4. The van der Waals surface area contributed by atoms with Crippen molar-refractivity contribution in [1.29, 1.82) is 0 Å². The van der Waals surface area contributed by atoms with Gasteiger partial charge in [-0.2, -0.15) is 0 Å². The van der Waals surface area contributed by atoms with Gasteiger partial charge in [0.25, 0.3) is 0 Å². The summed E-state index contributed by atoms with van der Waals surface area (Å²) in [6, 6.07) is 17.2. The lowest BCUT2D eigenvalue weighted by atomic mass is 10.2. The van der Waals surface area contributed by atoms with Crippen LogP contribution < -0.4 is 0 Å². The number of nitrogens with zero attached hydrogens (tertiary/aromatic N) is 4. The van der Waals surface area contributed by atoms with Crippen molar-refractivity contribution in [3.63, 3.8) is 0 Å². The number of carbonyl (C=O) groups excluding carboxylic acids is 1. The molecule has 7 nitrogen and oxygen atoms in total. The number of ether oxygens (including phenoxy) is 1. The summed E-state index contributed by atoms with van der Waals surface area (Å²) in [5, 5.41) is 7.80. The van der Waals surface area contributed by atoms with Crippen LogP contribution >= 0.6 is 0 Å². The SMILES string of the molecule is O=C(OCc1nc2ccccc2o1)c1cn(Cc2ccccc2)nn1. The Morgan fingerprint density at radius 3 is 2.72 bits per heavy atom. The third-order valence-electron chi connectivity index (χ3n) is 3.60. The lowest BCUT2D eigenvalue weighted by molar-refractivity contribution is 0.0433. The molecule has 124 valence electrons. The molecule has 0 aliphatic heterocycles. The van der Waals surface area contributed by atoms with Crippen LogP contribution in [0.15, 0.2) is 65.2 Å². The van der Waals surface area contributed by atoms with E-state index in [1.165, 1.54) is 0 Å². The van der Waals surface area contributed by atoms with Crippen molar-refractivity contribution in [2.45, 2.75) is 13.2 Å². The first-order chi connectivity index (χ1) is 12.3. The minimum atomic E-state index is -0.568. The molecule has 2 aromatic heterocycles. The molecule has 0 unspecified atom stereocenters. The van der Waals surface area contributed by atoms with E-state index in [-0.39, 0.29) is 12.3 Å². The summed E-state index contributed by atoms with van der Waals surface area (Å²) in [6.07, 6.45) is 1.56. The molecule has 0 spiro atoms. The Balaban J connectivity index is 1.39. The fourth-order valence-corrected chi connectivity index (χ4v) is 2.42. The Bertz CT molecular complexity index is 974. The third-order valence-corrected chi connectivity index (χ3v) is 3.60. The van der Waals surface area contributed by atoms with Gasteiger partial charge in [-0.3, -0.25) is 0 Å². The Morgan fingerprint density at radius 2 is 1.88 bits per heavy atom. The van der Waals surface area contributed by atoms with Gasteiger partial charge in [-0.05, 0) is 17.7 Å². The lowest BCUT2D eigenvalue weighted by Gasteiger charge is -1.99. The summed E-state index contributed by atoms with van der Waals surface area (Å²) in [5.41, 5.74) is 2.59. The van der Waals surface area contributed by atoms with Gasteiger partial charge in [0.2, 0.25) is 5.89 Å². The maximum Gasteiger partial charge on any atom is 0.361 e. The van der Waals surface area contributed by atoms with E-state index in [0.717, 1.165) is 11.1 Å². The molecule has 25 heavy (non-hydrogen) atoms. The number of hydrogen-bond acceptors (Lipinski definition) is 6. The average molecular weight is 334 g/mol. The summed E-state index contributed by atoms with van der Waals surface area (Å²) in [4.78, 5) is 16.3. The van der Waals surface area contributed by atoms with Gasteiger partial charge < -0.3 is 9.15 Å². The molecule has 0 aliphatic rings. The van der Waals surface area contributed by atoms with Crippen molar-refractivity contribution < 1.29 is 13.9 Å². The molecule has 0 atom stereocenters. The number of para-hydroxylation sites is 2.